The number of carboxylic acids is 1. The third-order valence-corrected chi connectivity index (χ3v) is 1.55. The Labute approximate surface area is 84.0 Å². The highest BCUT2D eigenvalue weighted by atomic mass is 19.1. The summed E-state index contributed by atoms with van der Waals surface area (Å²) in [4.78, 5) is 10.1. The highest BCUT2D eigenvalue weighted by Gasteiger charge is 2.14. The minimum Gasteiger partial charge on any atom is -0.497 e. The van der Waals surface area contributed by atoms with Gasteiger partial charge in [-0.25, -0.2) is 13.6 Å². The summed E-state index contributed by atoms with van der Waals surface area (Å²) in [5.74, 6) is -4.06. The molecule has 15 heavy (non-hydrogen) atoms. The van der Waals surface area contributed by atoms with E-state index >= 15 is 0 Å². The van der Waals surface area contributed by atoms with Gasteiger partial charge in [-0.05, 0) is 0 Å². The number of ether oxygens (including phenoxy) is 2. The third-order valence-electron chi connectivity index (χ3n) is 1.55. The Hall–Kier alpha value is -1.85. The van der Waals surface area contributed by atoms with Gasteiger partial charge in [-0.2, -0.15) is 0 Å². The first kappa shape index (κ1) is 11.2. The minimum absolute atomic E-state index is 0.00678. The summed E-state index contributed by atoms with van der Waals surface area (Å²) in [5, 5.41) is 8.26. The molecule has 0 aromatic heterocycles. The largest absolute Gasteiger partial charge is 0.497 e. The third kappa shape index (κ3) is 2.80. The Balaban J connectivity index is 2.92. The number of halogens is 2. The molecule has 1 N–H and O–H groups in total. The van der Waals surface area contributed by atoms with Gasteiger partial charge in [-0.15, -0.1) is 0 Å². The Kier molecular flexibility index (Phi) is 3.43. The minimum atomic E-state index is -1.32. The van der Waals surface area contributed by atoms with E-state index in [1.165, 1.54) is 7.11 Å². The standard InChI is InChI=1S/C9H8F2O4/c1-14-5-2-6(10)9(7(11)3-5)15-4-8(12)13/h2-3H,4H2,1H3,(H,12,13). The van der Waals surface area contributed by atoms with E-state index in [9.17, 15) is 13.6 Å². The number of hydrogen-bond acceptors (Lipinski definition) is 3. The van der Waals surface area contributed by atoms with Gasteiger partial charge >= 0.3 is 5.97 Å². The van der Waals surface area contributed by atoms with Gasteiger partial charge in [0.2, 0.25) is 0 Å². The predicted molar refractivity (Wildman–Crippen MR) is 46.0 cm³/mol. The Morgan fingerprint density at radius 3 is 2.33 bits per heavy atom. The molecule has 0 unspecified atom stereocenters. The van der Waals surface area contributed by atoms with Crippen LogP contribution in [-0.2, 0) is 4.79 Å². The second-order valence-electron chi connectivity index (χ2n) is 2.60. The SMILES string of the molecule is COc1cc(F)c(OCC(=O)O)c(F)c1. The molecule has 4 nitrogen and oxygen atoms in total. The summed E-state index contributed by atoms with van der Waals surface area (Å²) in [6, 6.07) is 1.81. The van der Waals surface area contributed by atoms with Gasteiger partial charge in [-0.1, -0.05) is 0 Å². The Bertz CT molecular complexity index is 355. The van der Waals surface area contributed by atoms with Crippen LogP contribution < -0.4 is 9.47 Å². The molecule has 0 bridgehead atoms. The lowest BCUT2D eigenvalue weighted by Crippen LogP contribution is -2.11. The topological polar surface area (TPSA) is 55.8 Å². The summed E-state index contributed by atoms with van der Waals surface area (Å²) in [6.07, 6.45) is 0. The van der Waals surface area contributed by atoms with Crippen molar-refractivity contribution in [1.82, 2.24) is 0 Å². The van der Waals surface area contributed by atoms with E-state index in [0.717, 1.165) is 12.1 Å². The summed E-state index contributed by atoms with van der Waals surface area (Å²) < 4.78 is 35.2. The second kappa shape index (κ2) is 4.59. The first-order valence-electron chi connectivity index (χ1n) is 3.92. The summed E-state index contributed by atoms with van der Waals surface area (Å²) in [6.45, 7) is -0.805. The van der Waals surface area contributed by atoms with Gasteiger partial charge in [0.05, 0.1) is 7.11 Å². The average Bonchev–Trinajstić information content (AvgIpc) is 2.15. The van der Waals surface area contributed by atoms with Crippen LogP contribution in [0.5, 0.6) is 11.5 Å². The fraction of sp³-hybridized carbons (Fsp3) is 0.222. The number of carboxylic acid groups (broad SMARTS) is 1. The molecule has 1 rings (SSSR count). The molecule has 0 atom stereocenters. The highest BCUT2D eigenvalue weighted by Crippen LogP contribution is 2.26. The van der Waals surface area contributed by atoms with Crippen molar-refractivity contribution < 1.29 is 28.2 Å². The van der Waals surface area contributed by atoms with E-state index in [0.29, 0.717) is 0 Å². The second-order valence-corrected chi connectivity index (χ2v) is 2.60. The summed E-state index contributed by atoms with van der Waals surface area (Å²) in [7, 11) is 1.26. The lowest BCUT2D eigenvalue weighted by Gasteiger charge is -2.07. The lowest BCUT2D eigenvalue weighted by molar-refractivity contribution is -0.139. The quantitative estimate of drug-likeness (QED) is 0.830. The zero-order chi connectivity index (χ0) is 11.4. The van der Waals surface area contributed by atoms with Gasteiger partial charge in [0, 0.05) is 12.1 Å². The average molecular weight is 218 g/mol. The van der Waals surface area contributed by atoms with E-state index in [1.54, 1.807) is 0 Å². The number of carbonyl (C=O) groups is 1. The normalized spacial score (nSPS) is 9.80. The van der Waals surface area contributed by atoms with Crippen LogP contribution >= 0.6 is 0 Å². The van der Waals surface area contributed by atoms with Gasteiger partial charge in [-0.3, -0.25) is 0 Å². The molecule has 0 fully saturated rings. The summed E-state index contributed by atoms with van der Waals surface area (Å²) in [5.41, 5.74) is 0. The molecular weight excluding hydrogens is 210 g/mol. The number of rotatable bonds is 4. The van der Waals surface area contributed by atoms with Crippen LogP contribution in [0.4, 0.5) is 8.78 Å². The van der Waals surface area contributed by atoms with Gasteiger partial charge in [0.15, 0.2) is 24.0 Å². The summed E-state index contributed by atoms with van der Waals surface area (Å²) >= 11 is 0. The van der Waals surface area contributed by atoms with Crippen LogP contribution in [0.3, 0.4) is 0 Å². The highest BCUT2D eigenvalue weighted by molar-refractivity contribution is 5.68. The molecule has 0 saturated heterocycles. The molecular formula is C9H8F2O4. The number of methoxy groups -OCH3 is 1. The molecule has 1 aromatic rings. The molecule has 0 aliphatic rings. The fourth-order valence-corrected chi connectivity index (χ4v) is 0.926. The molecule has 0 amide bonds. The van der Waals surface area contributed by atoms with Crippen molar-refractivity contribution >= 4 is 5.97 Å². The monoisotopic (exact) mass is 218 g/mol. The maximum atomic E-state index is 13.1. The smallest absolute Gasteiger partial charge is 0.341 e. The van der Waals surface area contributed by atoms with E-state index < -0.39 is 30.0 Å². The van der Waals surface area contributed by atoms with Crippen LogP contribution in [0.2, 0.25) is 0 Å². The first-order chi connectivity index (χ1) is 7.04. The van der Waals surface area contributed by atoms with Crippen molar-refractivity contribution in [2.45, 2.75) is 0 Å². The molecule has 0 radical (unpaired) electrons. The van der Waals surface area contributed by atoms with Crippen LogP contribution in [0.15, 0.2) is 12.1 Å². The molecule has 0 spiro atoms. The van der Waals surface area contributed by atoms with Crippen LogP contribution in [-0.4, -0.2) is 24.8 Å². The molecule has 0 saturated carbocycles. The number of benzene rings is 1. The Morgan fingerprint density at radius 1 is 1.40 bits per heavy atom. The molecule has 6 heteroatoms. The Morgan fingerprint density at radius 2 is 1.93 bits per heavy atom. The van der Waals surface area contributed by atoms with E-state index in [-0.39, 0.29) is 5.75 Å². The van der Waals surface area contributed by atoms with Crippen molar-refractivity contribution in [2.24, 2.45) is 0 Å². The number of hydrogen-bond donors (Lipinski definition) is 1. The molecule has 1 aromatic carbocycles. The van der Waals surface area contributed by atoms with E-state index in [1.807, 2.05) is 0 Å². The maximum absolute atomic E-state index is 13.1. The van der Waals surface area contributed by atoms with Crippen LogP contribution in [0.1, 0.15) is 0 Å². The zero-order valence-electron chi connectivity index (χ0n) is 7.79. The van der Waals surface area contributed by atoms with Crippen molar-refractivity contribution in [3.63, 3.8) is 0 Å². The van der Waals surface area contributed by atoms with Crippen LogP contribution in [0.25, 0.3) is 0 Å². The van der Waals surface area contributed by atoms with Crippen molar-refractivity contribution in [1.29, 1.82) is 0 Å². The first-order valence-corrected chi connectivity index (χ1v) is 3.92. The van der Waals surface area contributed by atoms with Crippen molar-refractivity contribution in [2.75, 3.05) is 13.7 Å². The lowest BCUT2D eigenvalue weighted by atomic mass is 10.3. The number of aliphatic carboxylic acids is 1. The maximum Gasteiger partial charge on any atom is 0.341 e. The van der Waals surface area contributed by atoms with E-state index in [2.05, 4.69) is 9.47 Å². The van der Waals surface area contributed by atoms with Gasteiger partial charge in [0.1, 0.15) is 5.75 Å². The van der Waals surface area contributed by atoms with Crippen LogP contribution in [0, 0.1) is 11.6 Å². The predicted octanol–water partition coefficient (Wildman–Crippen LogP) is 1.44. The molecule has 0 aliphatic heterocycles. The van der Waals surface area contributed by atoms with Gasteiger partial charge < -0.3 is 14.6 Å². The van der Waals surface area contributed by atoms with Crippen molar-refractivity contribution in [3.8, 4) is 11.5 Å². The van der Waals surface area contributed by atoms with Gasteiger partial charge in [0.25, 0.3) is 0 Å². The van der Waals surface area contributed by atoms with Crippen molar-refractivity contribution in [3.05, 3.63) is 23.8 Å². The molecule has 0 aliphatic carbocycles. The van der Waals surface area contributed by atoms with E-state index in [4.69, 9.17) is 5.11 Å². The molecule has 0 heterocycles. The molecule has 82 valence electrons. The zero-order valence-corrected chi connectivity index (χ0v) is 7.79. The fourth-order valence-electron chi connectivity index (χ4n) is 0.926.